The third-order valence-corrected chi connectivity index (χ3v) is 2.80. The van der Waals surface area contributed by atoms with E-state index in [2.05, 4.69) is 26.9 Å². The quantitative estimate of drug-likeness (QED) is 0.568. The fourth-order valence-electron chi connectivity index (χ4n) is 1.05. The van der Waals surface area contributed by atoms with Crippen LogP contribution in [0.15, 0.2) is 0 Å². The van der Waals surface area contributed by atoms with Gasteiger partial charge in [-0.2, -0.15) is 0 Å². The predicted octanol–water partition coefficient (Wildman–Crippen LogP) is 1.81. The van der Waals surface area contributed by atoms with Crippen molar-refractivity contribution < 1.29 is 0 Å². The molecule has 2 N–H and O–H groups in total. The van der Waals surface area contributed by atoms with Crippen molar-refractivity contribution in [2.75, 3.05) is 0 Å². The van der Waals surface area contributed by atoms with Crippen molar-refractivity contribution in [2.24, 2.45) is 11.3 Å². The molecule has 0 aliphatic heterocycles. The lowest BCUT2D eigenvalue weighted by Crippen LogP contribution is -2.39. The highest BCUT2D eigenvalue weighted by Gasteiger charge is 2.14. The molecule has 0 radical (unpaired) electrons. The molecular formula is C6H17NSi. The Kier molecular flexibility index (Phi) is 2.70. The molecule has 0 aromatic rings. The van der Waals surface area contributed by atoms with Gasteiger partial charge in [0.05, 0.1) is 0 Å². The first kappa shape index (κ1) is 8.18. The van der Waals surface area contributed by atoms with Crippen molar-refractivity contribution in [2.45, 2.75) is 33.0 Å². The first-order chi connectivity index (χ1) is 3.42. The van der Waals surface area contributed by atoms with E-state index in [-0.39, 0.29) is 0 Å². The fourth-order valence-corrected chi connectivity index (χ4v) is 3.16. The maximum absolute atomic E-state index is 5.88. The van der Waals surface area contributed by atoms with Gasteiger partial charge in [0.15, 0.2) is 0 Å². The molecule has 2 heteroatoms. The molecule has 0 heterocycles. The molecule has 50 valence electrons. The van der Waals surface area contributed by atoms with Crippen LogP contribution in [0.1, 0.15) is 13.8 Å². The van der Waals surface area contributed by atoms with Crippen molar-refractivity contribution in [3.05, 3.63) is 0 Å². The topological polar surface area (TPSA) is 26.0 Å². The summed E-state index contributed by atoms with van der Waals surface area (Å²) in [5.41, 5.74) is 0. The smallest absolute Gasteiger partial charge is 0.117 e. The standard InChI is InChI=1S/C6H17NSi/c1-6(2)5-8(3,4)7/h6H,5,7H2,1-4H3. The van der Waals surface area contributed by atoms with Gasteiger partial charge < -0.3 is 5.40 Å². The van der Waals surface area contributed by atoms with Gasteiger partial charge in [-0.05, 0) is 12.0 Å². The molecule has 0 atom stereocenters. The monoisotopic (exact) mass is 131 g/mol. The lowest BCUT2D eigenvalue weighted by Gasteiger charge is -2.17. The minimum Gasteiger partial charge on any atom is -0.351 e. The molecule has 0 aromatic carbocycles. The molecule has 0 saturated carbocycles. The molecule has 0 rings (SSSR count). The highest BCUT2D eigenvalue weighted by Crippen LogP contribution is 2.09. The van der Waals surface area contributed by atoms with Crippen LogP contribution in [-0.4, -0.2) is 8.24 Å². The summed E-state index contributed by atoms with van der Waals surface area (Å²) in [5.74, 6) is 0.779. The third kappa shape index (κ3) is 6.18. The van der Waals surface area contributed by atoms with Crippen LogP contribution < -0.4 is 5.40 Å². The van der Waals surface area contributed by atoms with Crippen LogP contribution in [0, 0.1) is 5.92 Å². The maximum Gasteiger partial charge on any atom is 0.117 e. The number of hydrogen-bond donors (Lipinski definition) is 1. The second-order valence-corrected chi connectivity index (χ2v) is 7.97. The van der Waals surface area contributed by atoms with E-state index < -0.39 is 8.24 Å². The second-order valence-electron chi connectivity index (χ2n) is 3.59. The van der Waals surface area contributed by atoms with Crippen LogP contribution in [0.2, 0.25) is 19.1 Å². The Balaban J connectivity index is 3.39. The van der Waals surface area contributed by atoms with Crippen molar-refractivity contribution >= 4 is 8.24 Å². The Hall–Kier alpha value is 0.177. The van der Waals surface area contributed by atoms with Crippen LogP contribution in [0.25, 0.3) is 0 Å². The first-order valence-electron chi connectivity index (χ1n) is 3.21. The minimum absolute atomic E-state index is 0.779. The van der Waals surface area contributed by atoms with Crippen LogP contribution in [0.4, 0.5) is 0 Å². The normalized spacial score (nSPS) is 12.8. The van der Waals surface area contributed by atoms with Crippen LogP contribution >= 0.6 is 0 Å². The molecule has 0 aromatic heterocycles. The van der Waals surface area contributed by atoms with Crippen LogP contribution in [0.3, 0.4) is 0 Å². The van der Waals surface area contributed by atoms with E-state index in [1.54, 1.807) is 0 Å². The Morgan fingerprint density at radius 2 is 1.75 bits per heavy atom. The molecule has 0 saturated heterocycles. The van der Waals surface area contributed by atoms with Gasteiger partial charge >= 0.3 is 0 Å². The zero-order chi connectivity index (χ0) is 6.78. The molecular weight excluding hydrogens is 114 g/mol. The van der Waals surface area contributed by atoms with Crippen molar-refractivity contribution in [3.8, 4) is 0 Å². The van der Waals surface area contributed by atoms with Gasteiger partial charge in [-0.15, -0.1) is 0 Å². The van der Waals surface area contributed by atoms with Gasteiger partial charge in [-0.3, -0.25) is 0 Å². The summed E-state index contributed by atoms with van der Waals surface area (Å²) in [6, 6.07) is 1.24. The van der Waals surface area contributed by atoms with Gasteiger partial charge in [0.1, 0.15) is 8.24 Å². The minimum atomic E-state index is -1.22. The molecule has 0 bridgehead atoms. The summed E-state index contributed by atoms with van der Waals surface area (Å²) in [4.78, 5) is 0. The predicted molar refractivity (Wildman–Crippen MR) is 41.3 cm³/mol. The maximum atomic E-state index is 5.88. The third-order valence-electron chi connectivity index (χ3n) is 0.934. The first-order valence-corrected chi connectivity index (χ1v) is 6.49. The zero-order valence-corrected chi connectivity index (χ0v) is 7.36. The van der Waals surface area contributed by atoms with Gasteiger partial charge in [0, 0.05) is 0 Å². The summed E-state index contributed by atoms with van der Waals surface area (Å²) in [6.45, 7) is 8.85. The van der Waals surface area contributed by atoms with E-state index >= 15 is 0 Å². The van der Waals surface area contributed by atoms with Crippen molar-refractivity contribution in [3.63, 3.8) is 0 Å². The average Bonchev–Trinajstić information content (AvgIpc) is 1.21. The van der Waals surface area contributed by atoms with Gasteiger partial charge in [-0.25, -0.2) is 0 Å². The highest BCUT2D eigenvalue weighted by molar-refractivity contribution is 6.74. The lowest BCUT2D eigenvalue weighted by atomic mass is 10.3. The summed E-state index contributed by atoms with van der Waals surface area (Å²) in [7, 11) is -1.22. The Morgan fingerprint density at radius 3 is 1.75 bits per heavy atom. The summed E-state index contributed by atoms with van der Waals surface area (Å²) in [6.07, 6.45) is 0. The van der Waals surface area contributed by atoms with E-state index in [1.807, 2.05) is 0 Å². The van der Waals surface area contributed by atoms with E-state index in [0.717, 1.165) is 5.92 Å². The molecule has 0 fully saturated rings. The summed E-state index contributed by atoms with van der Waals surface area (Å²) < 4.78 is 0. The Labute approximate surface area is 53.4 Å². The fraction of sp³-hybridized carbons (Fsp3) is 1.00. The second kappa shape index (κ2) is 2.64. The molecule has 0 spiro atoms. The lowest BCUT2D eigenvalue weighted by molar-refractivity contribution is 0.719. The molecule has 8 heavy (non-hydrogen) atoms. The molecule has 1 nitrogen and oxygen atoms in total. The number of rotatable bonds is 2. The molecule has 0 aliphatic rings. The molecule has 0 amide bonds. The summed E-state index contributed by atoms with van der Waals surface area (Å²) in [5, 5.41) is 5.88. The van der Waals surface area contributed by atoms with Gasteiger partial charge in [-0.1, -0.05) is 26.9 Å². The zero-order valence-electron chi connectivity index (χ0n) is 6.36. The average molecular weight is 131 g/mol. The van der Waals surface area contributed by atoms with Gasteiger partial charge in [0.2, 0.25) is 0 Å². The van der Waals surface area contributed by atoms with E-state index in [1.165, 1.54) is 6.04 Å². The molecule has 0 unspecified atom stereocenters. The van der Waals surface area contributed by atoms with E-state index in [4.69, 9.17) is 5.40 Å². The largest absolute Gasteiger partial charge is 0.351 e. The van der Waals surface area contributed by atoms with Crippen molar-refractivity contribution in [1.29, 1.82) is 0 Å². The van der Waals surface area contributed by atoms with E-state index in [9.17, 15) is 0 Å². The highest BCUT2D eigenvalue weighted by atomic mass is 28.3. The summed E-state index contributed by atoms with van der Waals surface area (Å²) >= 11 is 0. The SMILES string of the molecule is CC(C)C[Si](C)(C)N. The Bertz CT molecular complexity index is 63.4. The molecule has 0 aliphatic carbocycles. The number of nitrogens with two attached hydrogens (primary N) is 1. The van der Waals surface area contributed by atoms with Crippen LogP contribution in [-0.2, 0) is 0 Å². The van der Waals surface area contributed by atoms with Crippen molar-refractivity contribution in [1.82, 2.24) is 0 Å². The van der Waals surface area contributed by atoms with Gasteiger partial charge in [0.25, 0.3) is 0 Å². The van der Waals surface area contributed by atoms with E-state index in [0.29, 0.717) is 0 Å². The number of hydrogen-bond acceptors (Lipinski definition) is 1. The van der Waals surface area contributed by atoms with Crippen LogP contribution in [0.5, 0.6) is 0 Å². The Morgan fingerprint density at radius 1 is 1.38 bits per heavy atom.